The quantitative estimate of drug-likeness (QED) is 0.244. The van der Waals surface area contributed by atoms with Crippen LogP contribution in [0.5, 0.6) is 0 Å². The van der Waals surface area contributed by atoms with Crippen molar-refractivity contribution in [1.29, 1.82) is 0 Å². The molecule has 0 heterocycles. The van der Waals surface area contributed by atoms with Crippen molar-refractivity contribution in [2.75, 3.05) is 0 Å². The van der Waals surface area contributed by atoms with E-state index < -0.39 is 5.41 Å². The van der Waals surface area contributed by atoms with Gasteiger partial charge in [0.15, 0.2) is 6.29 Å². The molecule has 0 saturated heterocycles. The van der Waals surface area contributed by atoms with E-state index in [2.05, 4.69) is 103 Å². The lowest BCUT2D eigenvalue weighted by atomic mass is 9.67. The van der Waals surface area contributed by atoms with Gasteiger partial charge in [0.05, 0.1) is 10.4 Å². The molecule has 0 N–H and O–H groups in total. The Kier molecular flexibility index (Phi) is 4.94. The maximum absolute atomic E-state index is 11.9. The van der Waals surface area contributed by atoms with Gasteiger partial charge in [-0.2, -0.15) is 0 Å². The second-order valence-corrected chi connectivity index (χ2v) is 9.01. The number of hydrogen-bond donors (Lipinski definition) is 0. The zero-order chi connectivity index (χ0) is 23.1. The molecule has 0 bridgehead atoms. The molecule has 2 heteroatoms. The first-order valence-corrected chi connectivity index (χ1v) is 11.7. The number of carbonyl (C=O) groups is 1. The smallest absolute Gasteiger partial charge is 0.152 e. The van der Waals surface area contributed by atoms with Crippen molar-refractivity contribution in [3.63, 3.8) is 0 Å². The highest BCUT2D eigenvalue weighted by Crippen LogP contribution is 2.56. The van der Waals surface area contributed by atoms with Crippen LogP contribution in [0.2, 0.25) is 5.02 Å². The standard InChI is InChI=1S/C32H21ClO/c33-31-17-9-15-25(28(31)21-34)22-18-19-27-26-14-7-8-16-29(26)32(30(27)20-22,23-10-3-1-4-11-23)24-12-5-2-6-13-24/h1-21H. The van der Waals surface area contributed by atoms with Crippen LogP contribution < -0.4 is 0 Å². The Balaban J connectivity index is 1.73. The van der Waals surface area contributed by atoms with Crippen LogP contribution in [0.4, 0.5) is 0 Å². The largest absolute Gasteiger partial charge is 0.298 e. The lowest BCUT2D eigenvalue weighted by molar-refractivity contribution is 0.112. The van der Waals surface area contributed by atoms with Crippen LogP contribution in [0.25, 0.3) is 22.3 Å². The number of halogens is 1. The summed E-state index contributed by atoms with van der Waals surface area (Å²) in [7, 11) is 0. The van der Waals surface area contributed by atoms with E-state index in [-0.39, 0.29) is 0 Å². The topological polar surface area (TPSA) is 17.1 Å². The van der Waals surface area contributed by atoms with E-state index in [1.54, 1.807) is 6.07 Å². The van der Waals surface area contributed by atoms with Crippen molar-refractivity contribution in [2.24, 2.45) is 0 Å². The maximum Gasteiger partial charge on any atom is 0.152 e. The van der Waals surface area contributed by atoms with E-state index in [4.69, 9.17) is 11.6 Å². The highest BCUT2D eigenvalue weighted by atomic mass is 35.5. The van der Waals surface area contributed by atoms with Gasteiger partial charge in [0.2, 0.25) is 0 Å². The average Bonchev–Trinajstić information content (AvgIpc) is 3.20. The molecule has 0 radical (unpaired) electrons. The lowest BCUT2D eigenvalue weighted by Gasteiger charge is -2.34. The van der Waals surface area contributed by atoms with E-state index in [1.807, 2.05) is 12.1 Å². The zero-order valence-electron chi connectivity index (χ0n) is 18.4. The van der Waals surface area contributed by atoms with Gasteiger partial charge in [0, 0.05) is 5.56 Å². The number of benzene rings is 5. The summed E-state index contributed by atoms with van der Waals surface area (Å²) in [5, 5.41) is 0.466. The molecule has 6 rings (SSSR count). The van der Waals surface area contributed by atoms with Gasteiger partial charge >= 0.3 is 0 Å². The van der Waals surface area contributed by atoms with E-state index in [0.717, 1.165) is 17.4 Å². The molecule has 1 aliphatic carbocycles. The van der Waals surface area contributed by atoms with E-state index >= 15 is 0 Å². The molecule has 0 amide bonds. The van der Waals surface area contributed by atoms with Crippen molar-refractivity contribution < 1.29 is 4.79 Å². The van der Waals surface area contributed by atoms with Gasteiger partial charge in [0.25, 0.3) is 0 Å². The van der Waals surface area contributed by atoms with Gasteiger partial charge in [-0.3, -0.25) is 4.79 Å². The average molecular weight is 457 g/mol. The monoisotopic (exact) mass is 456 g/mol. The first-order chi connectivity index (χ1) is 16.7. The molecular formula is C32H21ClO. The fourth-order valence-electron chi connectivity index (χ4n) is 5.52. The second kappa shape index (κ2) is 8.13. The number of fused-ring (bicyclic) bond motifs is 3. The molecule has 0 aromatic heterocycles. The minimum Gasteiger partial charge on any atom is -0.298 e. The SMILES string of the molecule is O=Cc1c(Cl)cccc1-c1ccc2c(c1)C(c1ccccc1)(c1ccccc1)c1ccccc1-2. The van der Waals surface area contributed by atoms with E-state index in [1.165, 1.54) is 33.4 Å². The van der Waals surface area contributed by atoms with Gasteiger partial charge in [-0.25, -0.2) is 0 Å². The molecule has 5 aromatic rings. The third-order valence-electron chi connectivity index (χ3n) is 6.94. The molecule has 5 aromatic carbocycles. The predicted octanol–water partition coefficient (Wildman–Crippen LogP) is 8.18. The molecule has 0 atom stereocenters. The third-order valence-corrected chi connectivity index (χ3v) is 7.27. The Bertz CT molecular complexity index is 1480. The number of aldehydes is 1. The van der Waals surface area contributed by atoms with Crippen LogP contribution in [0.3, 0.4) is 0 Å². The normalized spacial score (nSPS) is 13.2. The molecule has 0 fully saturated rings. The second-order valence-electron chi connectivity index (χ2n) is 8.61. The van der Waals surface area contributed by atoms with Crippen LogP contribution in [-0.2, 0) is 5.41 Å². The summed E-state index contributed by atoms with van der Waals surface area (Å²) in [5.41, 5.74) is 9.22. The summed E-state index contributed by atoms with van der Waals surface area (Å²) >= 11 is 6.39. The molecule has 34 heavy (non-hydrogen) atoms. The maximum atomic E-state index is 11.9. The Morgan fingerprint density at radius 3 is 1.82 bits per heavy atom. The summed E-state index contributed by atoms with van der Waals surface area (Å²) in [6, 6.07) is 42.2. The lowest BCUT2D eigenvalue weighted by Crippen LogP contribution is -2.28. The first kappa shape index (κ1) is 20.7. The van der Waals surface area contributed by atoms with Crippen LogP contribution in [0, 0.1) is 0 Å². The highest BCUT2D eigenvalue weighted by Gasteiger charge is 2.46. The van der Waals surface area contributed by atoms with Crippen molar-refractivity contribution in [1.82, 2.24) is 0 Å². The summed E-state index contributed by atoms with van der Waals surface area (Å²) in [4.78, 5) is 11.9. The Morgan fingerprint density at radius 2 is 1.15 bits per heavy atom. The van der Waals surface area contributed by atoms with Crippen molar-refractivity contribution >= 4 is 17.9 Å². The fraction of sp³-hybridized carbons (Fsp3) is 0.0312. The van der Waals surface area contributed by atoms with E-state index in [9.17, 15) is 4.79 Å². The Labute approximate surface area is 204 Å². The fourth-order valence-corrected chi connectivity index (χ4v) is 5.74. The zero-order valence-corrected chi connectivity index (χ0v) is 19.2. The Morgan fingerprint density at radius 1 is 0.559 bits per heavy atom. The number of carbonyl (C=O) groups excluding carboxylic acids is 1. The van der Waals surface area contributed by atoms with Crippen molar-refractivity contribution in [3.8, 4) is 22.3 Å². The Hall–Kier alpha value is -3.94. The summed E-state index contributed by atoms with van der Waals surface area (Å²) in [5.74, 6) is 0. The summed E-state index contributed by atoms with van der Waals surface area (Å²) in [6.45, 7) is 0. The van der Waals surface area contributed by atoms with Crippen LogP contribution >= 0.6 is 11.6 Å². The molecule has 1 aliphatic rings. The molecule has 0 unspecified atom stereocenters. The van der Waals surface area contributed by atoms with E-state index in [0.29, 0.717) is 10.6 Å². The minimum atomic E-state index is -0.468. The molecule has 0 saturated carbocycles. The highest BCUT2D eigenvalue weighted by molar-refractivity contribution is 6.33. The molecule has 0 aliphatic heterocycles. The van der Waals surface area contributed by atoms with Gasteiger partial charge in [-0.05, 0) is 56.6 Å². The van der Waals surface area contributed by atoms with Crippen LogP contribution in [0.1, 0.15) is 32.6 Å². The third kappa shape index (κ3) is 2.91. The minimum absolute atomic E-state index is 0.466. The summed E-state index contributed by atoms with van der Waals surface area (Å²) in [6.07, 6.45) is 0.848. The predicted molar refractivity (Wildman–Crippen MR) is 140 cm³/mol. The van der Waals surface area contributed by atoms with Crippen LogP contribution in [-0.4, -0.2) is 6.29 Å². The molecule has 0 spiro atoms. The van der Waals surface area contributed by atoms with Gasteiger partial charge < -0.3 is 0 Å². The summed E-state index contributed by atoms with van der Waals surface area (Å²) < 4.78 is 0. The van der Waals surface area contributed by atoms with Crippen molar-refractivity contribution in [3.05, 3.63) is 154 Å². The van der Waals surface area contributed by atoms with Gasteiger partial charge in [-0.15, -0.1) is 0 Å². The van der Waals surface area contributed by atoms with Crippen LogP contribution in [0.15, 0.2) is 121 Å². The first-order valence-electron chi connectivity index (χ1n) is 11.3. The molecule has 1 nitrogen and oxygen atoms in total. The van der Waals surface area contributed by atoms with Crippen molar-refractivity contribution in [2.45, 2.75) is 5.41 Å². The van der Waals surface area contributed by atoms with Gasteiger partial charge in [0.1, 0.15) is 0 Å². The molecular weight excluding hydrogens is 436 g/mol. The number of hydrogen-bond acceptors (Lipinski definition) is 1. The number of rotatable bonds is 4. The van der Waals surface area contributed by atoms with Gasteiger partial charge in [-0.1, -0.05) is 121 Å². The molecule has 162 valence electrons.